The van der Waals surface area contributed by atoms with Crippen LogP contribution in [0.1, 0.15) is 47.4 Å². The highest BCUT2D eigenvalue weighted by Gasteiger charge is 2.31. The van der Waals surface area contributed by atoms with Gasteiger partial charge in [0.15, 0.2) is 5.13 Å². The lowest BCUT2D eigenvalue weighted by molar-refractivity contribution is 0.0241. The third-order valence-corrected chi connectivity index (χ3v) is 6.01. The number of anilines is 1. The highest BCUT2D eigenvalue weighted by molar-refractivity contribution is 7.16. The van der Waals surface area contributed by atoms with Crippen LogP contribution in [0.15, 0.2) is 36.5 Å². The monoisotopic (exact) mass is 466 g/mol. The molecule has 3 aromatic rings. The molecule has 0 atom stereocenters. The number of para-hydroxylation sites is 1. The number of aromatic nitrogens is 2. The van der Waals surface area contributed by atoms with Gasteiger partial charge in [0, 0.05) is 23.0 Å². The molecule has 0 saturated carbocycles. The van der Waals surface area contributed by atoms with Crippen LogP contribution in [0.3, 0.4) is 0 Å². The van der Waals surface area contributed by atoms with E-state index in [4.69, 9.17) is 9.47 Å². The van der Waals surface area contributed by atoms with Gasteiger partial charge in [-0.1, -0.05) is 29.5 Å². The number of nitrogens with zero attached hydrogens (tertiary/aromatic N) is 3. The molecule has 0 spiro atoms. The van der Waals surface area contributed by atoms with E-state index in [1.807, 2.05) is 58.0 Å². The second-order valence-electron chi connectivity index (χ2n) is 8.75. The van der Waals surface area contributed by atoms with Crippen molar-refractivity contribution in [3.63, 3.8) is 0 Å². The summed E-state index contributed by atoms with van der Waals surface area (Å²) in [4.78, 5) is 36.9. The zero-order valence-electron chi connectivity index (χ0n) is 19.3. The Hall–Kier alpha value is -3.46. The number of carbonyl (C=O) groups is 2. The molecule has 33 heavy (non-hydrogen) atoms. The number of fused-ring (bicyclic) bond motifs is 1. The fourth-order valence-corrected chi connectivity index (χ4v) is 4.53. The van der Waals surface area contributed by atoms with Gasteiger partial charge in [0.25, 0.3) is 5.91 Å². The summed E-state index contributed by atoms with van der Waals surface area (Å²) in [5.41, 5.74) is 2.98. The molecule has 1 aliphatic rings. The molecule has 1 aliphatic heterocycles. The highest BCUT2D eigenvalue weighted by atomic mass is 32.1. The molecule has 2 amide bonds. The Morgan fingerprint density at radius 1 is 1.15 bits per heavy atom. The fourth-order valence-electron chi connectivity index (χ4n) is 3.54. The third kappa shape index (κ3) is 4.98. The summed E-state index contributed by atoms with van der Waals surface area (Å²) >= 11 is 1.36. The minimum Gasteiger partial charge on any atom is -0.496 e. The molecule has 0 bridgehead atoms. The first-order valence-electron chi connectivity index (χ1n) is 10.5. The zero-order valence-corrected chi connectivity index (χ0v) is 20.1. The van der Waals surface area contributed by atoms with E-state index in [1.54, 1.807) is 18.2 Å². The van der Waals surface area contributed by atoms with Crippen molar-refractivity contribution in [2.75, 3.05) is 12.4 Å². The smallest absolute Gasteiger partial charge is 0.410 e. The third-order valence-electron chi connectivity index (χ3n) is 5.01. The van der Waals surface area contributed by atoms with Crippen LogP contribution in [0.4, 0.5) is 9.93 Å². The Bertz CT molecular complexity index is 1190. The van der Waals surface area contributed by atoms with Gasteiger partial charge in [-0.15, -0.1) is 0 Å². The van der Waals surface area contributed by atoms with Crippen LogP contribution in [-0.2, 0) is 17.8 Å². The van der Waals surface area contributed by atoms with Crippen LogP contribution in [0.2, 0.25) is 0 Å². The number of pyridine rings is 1. The molecule has 8 nitrogen and oxygen atoms in total. The number of benzene rings is 1. The first kappa shape index (κ1) is 22.7. The van der Waals surface area contributed by atoms with E-state index in [2.05, 4.69) is 15.3 Å². The van der Waals surface area contributed by atoms with E-state index in [0.29, 0.717) is 29.5 Å². The molecule has 3 heterocycles. The number of hydrogen-bond acceptors (Lipinski definition) is 7. The Morgan fingerprint density at radius 2 is 1.91 bits per heavy atom. The Balaban J connectivity index is 1.53. The summed E-state index contributed by atoms with van der Waals surface area (Å²) < 4.78 is 10.9. The highest BCUT2D eigenvalue weighted by Crippen LogP contribution is 2.35. The van der Waals surface area contributed by atoms with Gasteiger partial charge in [0.1, 0.15) is 11.4 Å². The second-order valence-corrected chi connectivity index (χ2v) is 9.83. The van der Waals surface area contributed by atoms with Gasteiger partial charge in [-0.25, -0.2) is 9.78 Å². The van der Waals surface area contributed by atoms with Crippen LogP contribution in [0, 0.1) is 6.92 Å². The Morgan fingerprint density at radius 3 is 2.61 bits per heavy atom. The van der Waals surface area contributed by atoms with Gasteiger partial charge in [-0.2, -0.15) is 0 Å². The van der Waals surface area contributed by atoms with E-state index >= 15 is 0 Å². The summed E-state index contributed by atoms with van der Waals surface area (Å²) in [5, 5.41) is 3.38. The molecular weight excluding hydrogens is 440 g/mol. The number of methoxy groups -OCH3 is 1. The molecular formula is C24H26N4O4S. The average Bonchev–Trinajstić information content (AvgIpc) is 3.31. The molecule has 0 unspecified atom stereocenters. The van der Waals surface area contributed by atoms with Crippen molar-refractivity contribution in [2.24, 2.45) is 0 Å². The van der Waals surface area contributed by atoms with Crippen LogP contribution < -0.4 is 10.1 Å². The van der Waals surface area contributed by atoms with Gasteiger partial charge in [0.2, 0.25) is 0 Å². The SMILES string of the molecule is COc1ccccc1-c1cc(C)ncc1C(=O)Nc1nc2c(s1)CN(C(=O)OC(C)(C)C)C2. The number of amides is 2. The first-order valence-corrected chi connectivity index (χ1v) is 11.3. The van der Waals surface area contributed by atoms with E-state index in [1.165, 1.54) is 11.3 Å². The lowest BCUT2D eigenvalue weighted by Crippen LogP contribution is -2.33. The predicted octanol–water partition coefficient (Wildman–Crippen LogP) is 5.03. The van der Waals surface area contributed by atoms with Gasteiger partial charge in [0.05, 0.1) is 36.3 Å². The molecule has 9 heteroatoms. The molecule has 1 N–H and O–H groups in total. The van der Waals surface area contributed by atoms with Crippen molar-refractivity contribution in [3.05, 3.63) is 58.4 Å². The van der Waals surface area contributed by atoms with Crippen molar-refractivity contribution >= 4 is 28.5 Å². The summed E-state index contributed by atoms with van der Waals surface area (Å²) in [6.07, 6.45) is 1.20. The molecule has 172 valence electrons. The van der Waals surface area contributed by atoms with Crippen molar-refractivity contribution < 1.29 is 19.1 Å². The van der Waals surface area contributed by atoms with Crippen molar-refractivity contribution in [3.8, 4) is 16.9 Å². The molecule has 0 aliphatic carbocycles. The number of aryl methyl sites for hydroxylation is 1. The van der Waals surface area contributed by atoms with Gasteiger partial charge in [-0.3, -0.25) is 20.0 Å². The average molecular weight is 467 g/mol. The number of ether oxygens (including phenoxy) is 2. The van der Waals surface area contributed by atoms with E-state index in [9.17, 15) is 9.59 Å². The molecule has 0 fully saturated rings. The lowest BCUT2D eigenvalue weighted by Gasteiger charge is -2.24. The van der Waals surface area contributed by atoms with E-state index < -0.39 is 5.60 Å². The maximum atomic E-state index is 13.2. The minimum absolute atomic E-state index is 0.306. The van der Waals surface area contributed by atoms with Gasteiger partial charge < -0.3 is 9.47 Å². The van der Waals surface area contributed by atoms with Crippen LogP contribution >= 0.6 is 11.3 Å². The molecule has 2 aromatic heterocycles. The number of nitrogens with one attached hydrogen (secondary N) is 1. The van der Waals surface area contributed by atoms with Crippen LogP contribution in [0.5, 0.6) is 5.75 Å². The van der Waals surface area contributed by atoms with E-state index in [0.717, 1.165) is 27.4 Å². The topological polar surface area (TPSA) is 93.6 Å². The summed E-state index contributed by atoms with van der Waals surface area (Å²) in [7, 11) is 1.60. The summed E-state index contributed by atoms with van der Waals surface area (Å²) in [6, 6.07) is 9.42. The van der Waals surface area contributed by atoms with Crippen LogP contribution in [-0.4, -0.2) is 39.6 Å². The summed E-state index contributed by atoms with van der Waals surface area (Å²) in [6.45, 7) is 8.15. The van der Waals surface area contributed by atoms with Crippen molar-refractivity contribution in [2.45, 2.75) is 46.4 Å². The minimum atomic E-state index is -0.555. The molecule has 4 rings (SSSR count). The Kier molecular flexibility index (Phi) is 6.07. The van der Waals surface area contributed by atoms with E-state index in [-0.39, 0.29) is 12.0 Å². The van der Waals surface area contributed by atoms with Crippen molar-refractivity contribution in [1.29, 1.82) is 0 Å². The largest absolute Gasteiger partial charge is 0.496 e. The maximum absolute atomic E-state index is 13.2. The standard InChI is InChI=1S/C24H26N4O4S/c1-14-10-16(15-8-6-7-9-19(15)31-5)17(11-25-14)21(29)27-22-26-18-12-28(13-20(18)33-22)23(30)32-24(2,3)4/h6-11H,12-13H2,1-5H3,(H,26,27,29). The molecule has 1 aromatic carbocycles. The number of carbonyl (C=O) groups excluding carboxylic acids is 2. The first-order chi connectivity index (χ1) is 15.6. The van der Waals surface area contributed by atoms with Crippen molar-refractivity contribution in [1.82, 2.24) is 14.9 Å². The summed E-state index contributed by atoms with van der Waals surface area (Å²) in [5.74, 6) is 0.368. The fraction of sp³-hybridized carbons (Fsp3) is 0.333. The second kappa shape index (κ2) is 8.82. The predicted molar refractivity (Wildman–Crippen MR) is 127 cm³/mol. The lowest BCUT2D eigenvalue weighted by atomic mass is 9.99. The number of rotatable bonds is 4. The number of thiazole rings is 1. The zero-order chi connectivity index (χ0) is 23.8. The molecule has 0 saturated heterocycles. The number of hydrogen-bond donors (Lipinski definition) is 1. The normalized spacial score (nSPS) is 12.9. The molecule has 0 radical (unpaired) electrons. The quantitative estimate of drug-likeness (QED) is 0.580. The Labute approximate surface area is 196 Å². The maximum Gasteiger partial charge on any atom is 0.410 e. The van der Waals surface area contributed by atoms with Crippen LogP contribution in [0.25, 0.3) is 11.1 Å². The van der Waals surface area contributed by atoms with Gasteiger partial charge in [-0.05, 0) is 39.8 Å². The van der Waals surface area contributed by atoms with Gasteiger partial charge >= 0.3 is 6.09 Å².